The highest BCUT2D eigenvalue weighted by atomic mass is 32.2. The number of nitrogens with two attached hydrogens (primary N) is 6. The van der Waals surface area contributed by atoms with Crippen molar-refractivity contribution in [2.24, 2.45) is 45.3 Å². The zero-order valence-electron chi connectivity index (χ0n) is 54.4. The molecule has 0 spiro atoms. The summed E-state index contributed by atoms with van der Waals surface area (Å²) in [7, 11) is 0. The van der Waals surface area contributed by atoms with Gasteiger partial charge < -0.3 is 91.8 Å². The summed E-state index contributed by atoms with van der Waals surface area (Å²) in [6.07, 6.45) is 2.50. The van der Waals surface area contributed by atoms with Crippen molar-refractivity contribution in [1.82, 2.24) is 52.3 Å². The van der Waals surface area contributed by atoms with Crippen LogP contribution >= 0.6 is 11.8 Å². The van der Waals surface area contributed by atoms with Crippen LogP contribution in [0.2, 0.25) is 0 Å². The number of carboxylic acids is 1. The molecule has 10 atom stereocenters. The van der Waals surface area contributed by atoms with Crippen molar-refractivity contribution in [3.8, 4) is 0 Å². The van der Waals surface area contributed by atoms with E-state index in [4.69, 9.17) is 34.4 Å². The van der Waals surface area contributed by atoms with E-state index in [1.807, 2.05) is 20.1 Å². The monoisotopic (exact) mass is 1350 g/mol. The molecule has 2 heterocycles. The summed E-state index contributed by atoms with van der Waals surface area (Å²) < 4.78 is 0. The normalized spacial score (nSPS) is 16.8. The molecule has 4 rings (SSSR count). The average molecular weight is 1350 g/mol. The lowest BCUT2D eigenvalue weighted by molar-refractivity contribution is -0.146. The molecule has 2 aliphatic heterocycles. The minimum Gasteiger partial charge on any atom is -0.480 e. The topological polar surface area (TPSA) is 513 Å². The summed E-state index contributed by atoms with van der Waals surface area (Å²) in [4.78, 5) is 185. The molecule has 12 amide bonds. The zero-order valence-corrected chi connectivity index (χ0v) is 55.2. The number of aliphatic carboxylic acids is 1. The minimum atomic E-state index is -1.65. The van der Waals surface area contributed by atoms with Crippen molar-refractivity contribution in [1.29, 1.82) is 0 Å². The quantitative estimate of drug-likeness (QED) is 0.0178. The molecule has 2 aromatic carbocycles. The maximum Gasteiger partial charge on any atom is 0.326 e. The van der Waals surface area contributed by atoms with Crippen molar-refractivity contribution < 1.29 is 67.4 Å². The van der Waals surface area contributed by atoms with E-state index < -0.39 is 170 Å². The zero-order chi connectivity index (χ0) is 70.1. The standard InChI is InChI=1S/C63H97N17O14S/c1-37(2)33-45(77-53(84)40(65)27-32-95-3)54(85)71-36-52(83)72-46(34-38-15-6-4-7-16-38)56(87)78-47(35-39-17-8-5-9-18-39)57(88)73-41(23-25-50(66)81)55(86)74-43(24-26-51(67)82)61(92)80-31-13-21-48(80)58(89)75-42(19-10-11-28-64)60(91)79-30-14-22-49(79)59(90)76-44(62(93)94)20-12-29-70-63(68)69/h4-9,15-18,37,40-49H,10-14,19-36,64-65H2,1-3H3,(H2,66,81)(H2,67,82)(H,71,85)(H,72,83)(H,73,88)(H,74,86)(H,75,89)(H,76,90)(H,77,84)(H,78,87)(H,93,94)(H4,68,69,70)/t40-,41-,42-,43-,44-,45-,46-,47-,48-,49-/m0/s1. The van der Waals surface area contributed by atoms with Gasteiger partial charge in [-0.25, -0.2) is 4.79 Å². The van der Waals surface area contributed by atoms with Gasteiger partial charge >= 0.3 is 5.97 Å². The van der Waals surface area contributed by atoms with Gasteiger partial charge in [0.05, 0.1) is 12.6 Å². The SMILES string of the molecule is CSCC[C@H](N)C(=O)N[C@@H](CC(C)C)C(=O)NCC(=O)N[C@@H](Cc1ccccc1)C(=O)N[C@@H](Cc1ccccc1)C(=O)N[C@@H](CCC(N)=O)C(=O)N[C@@H](CCC(N)=O)C(=O)N1CCC[C@H]1C(=O)N[C@@H](CCCCN)C(=O)N1CCC[C@H]1C(=O)N[C@@H](CCCN=C(N)N)C(=O)O. The van der Waals surface area contributed by atoms with Crippen LogP contribution in [0.1, 0.15) is 121 Å². The van der Waals surface area contributed by atoms with Crippen LogP contribution in [0.15, 0.2) is 65.7 Å². The lowest BCUT2D eigenvalue weighted by Gasteiger charge is -2.32. The molecule has 0 saturated carbocycles. The van der Waals surface area contributed by atoms with Gasteiger partial charge in [0.25, 0.3) is 0 Å². The first-order valence-electron chi connectivity index (χ1n) is 32.1. The summed E-state index contributed by atoms with van der Waals surface area (Å²) in [5.41, 5.74) is 34.9. The molecular formula is C63H97N17O14S. The number of thioether (sulfide) groups is 1. The predicted molar refractivity (Wildman–Crippen MR) is 354 cm³/mol. The minimum absolute atomic E-state index is 0.0150. The van der Waals surface area contributed by atoms with Gasteiger partial charge in [-0.2, -0.15) is 11.8 Å². The van der Waals surface area contributed by atoms with E-state index >= 15 is 0 Å². The van der Waals surface area contributed by atoms with E-state index in [9.17, 15) is 67.4 Å². The first-order chi connectivity index (χ1) is 45.2. The summed E-state index contributed by atoms with van der Waals surface area (Å²) in [5, 5.41) is 31.0. The number of hydrogen-bond donors (Lipinski definition) is 15. The molecule has 0 bridgehead atoms. The van der Waals surface area contributed by atoms with Crippen LogP contribution in [-0.4, -0.2) is 203 Å². The van der Waals surface area contributed by atoms with Gasteiger partial charge in [-0.3, -0.25) is 62.5 Å². The summed E-state index contributed by atoms with van der Waals surface area (Å²) in [6, 6.07) is 4.18. The van der Waals surface area contributed by atoms with Crippen LogP contribution in [0.25, 0.3) is 0 Å². The van der Waals surface area contributed by atoms with Gasteiger partial charge in [-0.15, -0.1) is 0 Å². The lowest BCUT2D eigenvalue weighted by Crippen LogP contribution is -2.60. The Kier molecular flexibility index (Phi) is 33.9. The number of guanidine groups is 1. The number of carbonyl (C=O) groups is 13. The molecule has 0 unspecified atom stereocenters. The molecule has 95 heavy (non-hydrogen) atoms. The predicted octanol–water partition coefficient (Wildman–Crippen LogP) is -3.11. The van der Waals surface area contributed by atoms with Gasteiger partial charge in [0, 0.05) is 45.3 Å². The fourth-order valence-corrected chi connectivity index (χ4v) is 11.5. The number of unbranched alkanes of at least 4 members (excludes halogenated alkanes) is 1. The number of rotatable bonds is 42. The highest BCUT2D eigenvalue weighted by molar-refractivity contribution is 7.98. The van der Waals surface area contributed by atoms with Crippen molar-refractivity contribution in [2.45, 2.75) is 183 Å². The third kappa shape index (κ3) is 27.5. The first kappa shape index (κ1) is 78.5. The van der Waals surface area contributed by atoms with Crippen molar-refractivity contribution in [2.75, 3.05) is 44.7 Å². The molecule has 0 aromatic heterocycles. The van der Waals surface area contributed by atoms with E-state index in [1.165, 1.54) is 21.6 Å². The number of amides is 12. The molecular weight excluding hydrogens is 1250 g/mol. The third-order valence-electron chi connectivity index (χ3n) is 16.0. The van der Waals surface area contributed by atoms with E-state index in [2.05, 4.69) is 47.5 Å². The average Bonchev–Trinajstić information content (AvgIpc) is 1.74. The fraction of sp³-hybridized carbons (Fsp3) is 0.587. The van der Waals surface area contributed by atoms with E-state index in [0.717, 1.165) is 0 Å². The number of carboxylic acid groups (broad SMARTS) is 1. The number of aliphatic imine (C=N–C) groups is 1. The highest BCUT2D eigenvalue weighted by Gasteiger charge is 2.43. The summed E-state index contributed by atoms with van der Waals surface area (Å²) in [5.74, 6) is -10.4. The second-order valence-corrected chi connectivity index (χ2v) is 25.0. The van der Waals surface area contributed by atoms with Gasteiger partial charge in [0.15, 0.2) is 5.96 Å². The number of nitrogens with one attached hydrogen (secondary N) is 8. The smallest absolute Gasteiger partial charge is 0.326 e. The second kappa shape index (κ2) is 41.0. The fourth-order valence-electron chi connectivity index (χ4n) is 11.0. The van der Waals surface area contributed by atoms with Crippen LogP contribution in [0.4, 0.5) is 0 Å². The van der Waals surface area contributed by atoms with E-state index in [-0.39, 0.29) is 95.8 Å². The third-order valence-corrected chi connectivity index (χ3v) is 16.6. The van der Waals surface area contributed by atoms with Gasteiger partial charge in [0.1, 0.15) is 54.4 Å². The number of hydrogen-bond acceptors (Lipinski definition) is 17. The second-order valence-electron chi connectivity index (χ2n) is 24.1. The summed E-state index contributed by atoms with van der Waals surface area (Å²) >= 11 is 1.51. The van der Waals surface area contributed by atoms with E-state index in [1.54, 1.807) is 60.7 Å². The Bertz CT molecular complexity index is 2960. The van der Waals surface area contributed by atoms with Gasteiger partial charge in [0.2, 0.25) is 70.9 Å². The molecule has 0 aliphatic carbocycles. The van der Waals surface area contributed by atoms with E-state index in [0.29, 0.717) is 42.6 Å². The molecule has 21 N–H and O–H groups in total. The highest BCUT2D eigenvalue weighted by Crippen LogP contribution is 2.24. The lowest BCUT2D eigenvalue weighted by atomic mass is 10.0. The van der Waals surface area contributed by atoms with Gasteiger partial charge in [-0.1, -0.05) is 74.5 Å². The van der Waals surface area contributed by atoms with Crippen molar-refractivity contribution in [3.63, 3.8) is 0 Å². The molecule has 2 fully saturated rings. The maximum absolute atomic E-state index is 14.8. The summed E-state index contributed by atoms with van der Waals surface area (Å²) in [6.45, 7) is 3.55. The number of benzene rings is 2. The molecule has 0 radical (unpaired) electrons. The van der Waals surface area contributed by atoms with Crippen LogP contribution < -0.4 is 76.9 Å². The molecule has 2 aromatic rings. The Hall–Kier alpha value is -8.91. The maximum atomic E-state index is 14.8. The molecule has 2 saturated heterocycles. The molecule has 2 aliphatic rings. The largest absolute Gasteiger partial charge is 0.480 e. The Morgan fingerprint density at radius 1 is 0.558 bits per heavy atom. The first-order valence-corrected chi connectivity index (χ1v) is 33.5. The number of carbonyl (C=O) groups excluding carboxylic acids is 12. The van der Waals surface area contributed by atoms with Crippen LogP contribution in [-0.2, 0) is 75.2 Å². The molecule has 32 heteroatoms. The van der Waals surface area contributed by atoms with Crippen LogP contribution in [0.5, 0.6) is 0 Å². The molecule has 524 valence electrons. The number of primary amides is 2. The Morgan fingerprint density at radius 3 is 1.52 bits per heavy atom. The Labute approximate surface area is 557 Å². The van der Waals surface area contributed by atoms with Crippen LogP contribution in [0.3, 0.4) is 0 Å². The van der Waals surface area contributed by atoms with Gasteiger partial charge in [-0.05, 0) is 119 Å². The van der Waals surface area contributed by atoms with Crippen molar-refractivity contribution in [3.05, 3.63) is 71.8 Å². The Morgan fingerprint density at radius 2 is 1.02 bits per heavy atom. The number of nitrogens with zero attached hydrogens (tertiary/aromatic N) is 3. The molecule has 31 nitrogen and oxygen atoms in total. The van der Waals surface area contributed by atoms with Crippen molar-refractivity contribution >= 4 is 94.6 Å². The number of likely N-dealkylation sites (tertiary alicyclic amines) is 2. The Balaban J connectivity index is 1.58. The van der Waals surface area contributed by atoms with Crippen LogP contribution in [0, 0.1) is 5.92 Å².